The minimum atomic E-state index is -2.15. The van der Waals surface area contributed by atoms with Gasteiger partial charge in [-0.3, -0.25) is 14.9 Å². The van der Waals surface area contributed by atoms with Crippen molar-refractivity contribution in [3.8, 4) is 23.6 Å². The predicted molar refractivity (Wildman–Crippen MR) is 204 cm³/mol. The SMILES string of the molecule is C[C@H](C#N)Nc1cc(-n2ncc3cc(C#N)cnc32)ncc1-n1cc(C2CCC(CCN3CCC(c4ccc([C@@]5(F)CCC(=O)NC5=O)cc4)CC3)CC2)nn1. The lowest BCUT2D eigenvalue weighted by molar-refractivity contribution is -0.144. The van der Waals surface area contributed by atoms with Crippen molar-refractivity contribution in [2.24, 2.45) is 5.92 Å². The van der Waals surface area contributed by atoms with Crippen molar-refractivity contribution in [3.05, 3.63) is 83.6 Å². The third-order valence-corrected chi connectivity index (χ3v) is 11.8. The highest BCUT2D eigenvalue weighted by molar-refractivity contribution is 6.02. The smallest absolute Gasteiger partial charge is 0.268 e. The number of pyridine rings is 2. The minimum absolute atomic E-state index is 0.00448. The lowest BCUT2D eigenvalue weighted by atomic mass is 9.79. The van der Waals surface area contributed by atoms with Crippen molar-refractivity contribution in [2.75, 3.05) is 25.0 Å². The van der Waals surface area contributed by atoms with Gasteiger partial charge in [-0.1, -0.05) is 29.5 Å². The molecular formula is C41H43FN12O2. The number of rotatable bonds is 10. The zero-order valence-corrected chi connectivity index (χ0v) is 31.2. The van der Waals surface area contributed by atoms with Crippen LogP contribution in [0.4, 0.5) is 10.1 Å². The Labute approximate surface area is 323 Å². The van der Waals surface area contributed by atoms with Crippen LogP contribution >= 0.6 is 0 Å². The number of hydrogen-bond donors (Lipinski definition) is 2. The monoisotopic (exact) mass is 754 g/mol. The van der Waals surface area contributed by atoms with Crippen molar-refractivity contribution in [3.63, 3.8) is 0 Å². The van der Waals surface area contributed by atoms with Crippen molar-refractivity contribution >= 4 is 28.5 Å². The van der Waals surface area contributed by atoms with Crippen LogP contribution in [0.3, 0.4) is 0 Å². The van der Waals surface area contributed by atoms with Gasteiger partial charge >= 0.3 is 0 Å². The fourth-order valence-corrected chi connectivity index (χ4v) is 8.43. The molecule has 2 amide bonds. The predicted octanol–water partition coefficient (Wildman–Crippen LogP) is 5.74. The zero-order chi connectivity index (χ0) is 38.8. The Morgan fingerprint density at radius 3 is 2.52 bits per heavy atom. The number of alkyl halides is 1. The fourth-order valence-electron chi connectivity index (χ4n) is 8.43. The van der Waals surface area contributed by atoms with E-state index in [0.29, 0.717) is 51.7 Å². The Hall–Kier alpha value is -6.06. The Morgan fingerprint density at radius 2 is 1.79 bits per heavy atom. The van der Waals surface area contributed by atoms with Crippen molar-refractivity contribution < 1.29 is 14.0 Å². The molecule has 2 saturated heterocycles. The van der Waals surface area contributed by atoms with E-state index in [-0.39, 0.29) is 12.8 Å². The van der Waals surface area contributed by atoms with Crippen molar-refractivity contribution in [2.45, 2.75) is 88.3 Å². The number of benzene rings is 1. The van der Waals surface area contributed by atoms with E-state index in [1.54, 1.807) is 46.9 Å². The van der Waals surface area contributed by atoms with Gasteiger partial charge in [0.15, 0.2) is 11.5 Å². The lowest BCUT2D eigenvalue weighted by Gasteiger charge is -2.34. The zero-order valence-electron chi connectivity index (χ0n) is 31.2. The van der Waals surface area contributed by atoms with Crippen LogP contribution in [0.5, 0.6) is 0 Å². The maximum absolute atomic E-state index is 15.5. The van der Waals surface area contributed by atoms with Gasteiger partial charge in [-0.05, 0) is 101 Å². The summed E-state index contributed by atoms with van der Waals surface area (Å²) >= 11 is 0. The molecule has 0 radical (unpaired) electrons. The molecule has 3 aliphatic rings. The Bertz CT molecular complexity index is 2330. The number of nitrogens with zero attached hydrogens (tertiary/aromatic N) is 10. The molecular weight excluding hydrogens is 712 g/mol. The number of carbonyl (C=O) groups excluding carboxylic acids is 2. The number of piperidine rings is 2. The minimum Gasteiger partial charge on any atom is -0.368 e. The Morgan fingerprint density at radius 1 is 1.00 bits per heavy atom. The quantitative estimate of drug-likeness (QED) is 0.166. The largest absolute Gasteiger partial charge is 0.368 e. The fraction of sp³-hybridized carbons (Fsp3) is 0.439. The lowest BCUT2D eigenvalue weighted by Crippen LogP contribution is -2.49. The highest BCUT2D eigenvalue weighted by Crippen LogP contribution is 2.38. The molecule has 2 aliphatic heterocycles. The third-order valence-electron chi connectivity index (χ3n) is 11.8. The van der Waals surface area contributed by atoms with Crippen LogP contribution in [0.15, 0.2) is 61.2 Å². The number of nitrogens with one attached hydrogen (secondary N) is 2. The molecule has 56 heavy (non-hydrogen) atoms. The van der Waals surface area contributed by atoms with Crippen LogP contribution in [-0.4, -0.2) is 77.1 Å². The molecule has 6 heterocycles. The van der Waals surface area contributed by atoms with E-state index in [4.69, 9.17) is 0 Å². The molecule has 2 atom stereocenters. The number of aromatic nitrogens is 7. The second-order valence-electron chi connectivity index (χ2n) is 15.4. The van der Waals surface area contributed by atoms with E-state index in [1.807, 2.05) is 24.4 Å². The molecule has 0 bridgehead atoms. The van der Waals surface area contributed by atoms with E-state index in [9.17, 15) is 20.1 Å². The highest BCUT2D eigenvalue weighted by atomic mass is 19.1. The maximum atomic E-state index is 15.5. The molecule has 3 fully saturated rings. The summed E-state index contributed by atoms with van der Waals surface area (Å²) in [7, 11) is 0. The first-order valence-electron chi connectivity index (χ1n) is 19.4. The van der Waals surface area contributed by atoms with Gasteiger partial charge in [-0.25, -0.2) is 19.0 Å². The average Bonchev–Trinajstić information content (AvgIpc) is 3.90. The van der Waals surface area contributed by atoms with E-state index >= 15 is 4.39 Å². The third kappa shape index (κ3) is 7.47. The van der Waals surface area contributed by atoms with E-state index in [1.165, 1.54) is 18.2 Å². The van der Waals surface area contributed by atoms with Crippen LogP contribution in [0.2, 0.25) is 0 Å². The molecule has 1 saturated carbocycles. The Kier molecular flexibility index (Phi) is 10.3. The molecule has 1 aromatic carbocycles. The molecule has 8 rings (SSSR count). The molecule has 0 unspecified atom stereocenters. The van der Waals surface area contributed by atoms with Gasteiger partial charge in [0.1, 0.15) is 17.8 Å². The maximum Gasteiger partial charge on any atom is 0.268 e. The number of hydrogen-bond acceptors (Lipinski definition) is 11. The van der Waals surface area contributed by atoms with Gasteiger partial charge in [0.05, 0.1) is 41.6 Å². The molecule has 15 heteroatoms. The molecule has 286 valence electrons. The summed E-state index contributed by atoms with van der Waals surface area (Å²) in [6, 6.07) is 14.7. The second-order valence-corrected chi connectivity index (χ2v) is 15.4. The topological polar surface area (TPSA) is 183 Å². The number of nitriles is 2. The second kappa shape index (κ2) is 15.6. The summed E-state index contributed by atoms with van der Waals surface area (Å²) in [5.74, 6) is 0.627. The number of carbonyl (C=O) groups is 2. The first-order chi connectivity index (χ1) is 27.2. The standard InChI is InChI=1S/C41H43FN12O2/c1-26(20-43)48-34-19-37(54-39-32(23-47-54)18-28(21-44)22-46-39)45-24-36(34)53-25-35(50-51-53)31-4-2-27(3-5-31)11-15-52-16-12-30(13-17-52)29-6-8-33(9-7-29)41(42)14-10-38(55)49-40(41)56/h6-9,18-19,22-27,30-31H,2-5,10-17H2,1H3,(H,45,48)(H,49,55,56)/t26-,27?,31?,41+/m1/s1. The summed E-state index contributed by atoms with van der Waals surface area (Å²) in [6.45, 7) is 4.92. The molecule has 1 aliphatic carbocycles. The van der Waals surface area contributed by atoms with Gasteiger partial charge < -0.3 is 10.2 Å². The summed E-state index contributed by atoms with van der Waals surface area (Å²) in [5, 5.41) is 38.5. The van der Waals surface area contributed by atoms with E-state index in [0.717, 1.165) is 69.2 Å². The number of amides is 2. The van der Waals surface area contributed by atoms with Crippen LogP contribution in [0.25, 0.3) is 22.5 Å². The number of anilines is 1. The van der Waals surface area contributed by atoms with Crippen molar-refractivity contribution in [1.29, 1.82) is 10.5 Å². The highest BCUT2D eigenvalue weighted by Gasteiger charge is 2.44. The van der Waals surface area contributed by atoms with Gasteiger partial charge in [0.25, 0.3) is 5.91 Å². The number of imide groups is 1. The Balaban J connectivity index is 0.838. The molecule has 2 N–H and O–H groups in total. The van der Waals surface area contributed by atoms with Crippen LogP contribution < -0.4 is 10.6 Å². The molecule has 5 aromatic rings. The summed E-state index contributed by atoms with van der Waals surface area (Å²) in [4.78, 5) is 35.4. The molecule has 0 spiro atoms. The summed E-state index contributed by atoms with van der Waals surface area (Å²) in [5.41, 5.74) is 2.63. The van der Waals surface area contributed by atoms with E-state index < -0.39 is 23.5 Å². The van der Waals surface area contributed by atoms with Gasteiger partial charge in [0, 0.05) is 36.4 Å². The molecule has 14 nitrogen and oxygen atoms in total. The molecule has 4 aromatic heterocycles. The first kappa shape index (κ1) is 36.9. The van der Waals surface area contributed by atoms with Gasteiger partial charge in [-0.15, -0.1) is 5.10 Å². The number of fused-ring (bicyclic) bond motifs is 1. The van der Waals surface area contributed by atoms with Crippen LogP contribution in [-0.2, 0) is 15.3 Å². The van der Waals surface area contributed by atoms with Gasteiger partial charge in [0.2, 0.25) is 11.6 Å². The number of likely N-dealkylation sites (tertiary alicyclic amines) is 1. The average molecular weight is 755 g/mol. The van der Waals surface area contributed by atoms with Crippen LogP contribution in [0.1, 0.15) is 98.9 Å². The summed E-state index contributed by atoms with van der Waals surface area (Å²) < 4.78 is 18.8. The van der Waals surface area contributed by atoms with E-state index in [2.05, 4.69) is 53.1 Å². The normalized spacial score (nSPS) is 22.6. The number of halogens is 1. The summed E-state index contributed by atoms with van der Waals surface area (Å²) in [6.07, 6.45) is 14.4. The van der Waals surface area contributed by atoms with Crippen LogP contribution in [0, 0.1) is 28.6 Å². The van der Waals surface area contributed by atoms with Crippen molar-refractivity contribution in [1.82, 2.24) is 45.0 Å². The first-order valence-corrected chi connectivity index (χ1v) is 19.4. The van der Waals surface area contributed by atoms with Gasteiger partial charge in [-0.2, -0.15) is 20.3 Å².